The van der Waals surface area contributed by atoms with Crippen LogP contribution < -0.4 is 10.0 Å². The molecule has 1 N–H and O–H groups in total. The third-order valence-electron chi connectivity index (χ3n) is 2.69. The Morgan fingerprint density at radius 2 is 1.81 bits per heavy atom. The van der Waals surface area contributed by atoms with Crippen molar-refractivity contribution in [2.24, 2.45) is 0 Å². The highest BCUT2D eigenvalue weighted by Gasteiger charge is 2.03. The lowest BCUT2D eigenvalue weighted by molar-refractivity contribution is -0.893. The Morgan fingerprint density at radius 3 is 2.31 bits per heavy atom. The zero-order chi connectivity index (χ0) is 12.0. The zero-order valence-electron chi connectivity index (χ0n) is 9.95. The molecule has 1 aromatic rings. The number of hydrogen-bond donors (Lipinski definition) is 1. The maximum atomic E-state index is 10.3. The number of carbonyl (C=O) groups is 1. The van der Waals surface area contributed by atoms with Gasteiger partial charge in [0.05, 0.1) is 13.6 Å². The van der Waals surface area contributed by atoms with E-state index in [0.29, 0.717) is 6.54 Å². The van der Waals surface area contributed by atoms with Gasteiger partial charge in [-0.05, 0) is 12.0 Å². The third kappa shape index (κ3) is 4.45. The Labute approximate surface area is 96.7 Å². The molecule has 0 saturated heterocycles. The van der Waals surface area contributed by atoms with E-state index < -0.39 is 5.97 Å². The molecule has 0 spiro atoms. The summed E-state index contributed by atoms with van der Waals surface area (Å²) in [5.41, 5.74) is 2.57. The second-order valence-electron chi connectivity index (χ2n) is 4.18. The maximum absolute atomic E-state index is 10.3. The molecule has 0 aromatic heterocycles. The molecule has 16 heavy (non-hydrogen) atoms. The van der Waals surface area contributed by atoms with Gasteiger partial charge in [0.1, 0.15) is 6.54 Å². The number of aliphatic carboxylic acids is 1. The predicted octanol–water partition coefficient (Wildman–Crippen LogP) is -0.596. The number of benzene rings is 1. The lowest BCUT2D eigenvalue weighted by atomic mass is 10.1. The van der Waals surface area contributed by atoms with E-state index in [2.05, 4.69) is 31.2 Å². The summed E-state index contributed by atoms with van der Waals surface area (Å²) in [6.07, 6.45) is 1.17. The van der Waals surface area contributed by atoms with Crippen LogP contribution >= 0.6 is 0 Å². The van der Waals surface area contributed by atoms with E-state index in [0.717, 1.165) is 13.0 Å². The lowest BCUT2D eigenvalue weighted by Crippen LogP contribution is -3.07. The minimum Gasteiger partial charge on any atom is -0.550 e. The van der Waals surface area contributed by atoms with Crippen molar-refractivity contribution in [3.8, 4) is 0 Å². The quantitative estimate of drug-likeness (QED) is 0.697. The highest BCUT2D eigenvalue weighted by Crippen LogP contribution is 2.03. The average molecular weight is 221 g/mol. The molecule has 88 valence electrons. The number of nitrogens with one attached hydrogen (secondary N) is 1. The van der Waals surface area contributed by atoms with Gasteiger partial charge in [0.15, 0.2) is 0 Å². The molecular formula is C13H19NO2. The van der Waals surface area contributed by atoms with Gasteiger partial charge in [0.2, 0.25) is 0 Å². The van der Waals surface area contributed by atoms with Gasteiger partial charge >= 0.3 is 0 Å². The molecule has 0 aliphatic carbocycles. The Morgan fingerprint density at radius 1 is 1.25 bits per heavy atom. The van der Waals surface area contributed by atoms with Crippen LogP contribution in [0.15, 0.2) is 24.3 Å². The lowest BCUT2D eigenvalue weighted by Gasteiger charge is -2.14. The van der Waals surface area contributed by atoms with Gasteiger partial charge in [-0.15, -0.1) is 0 Å². The topological polar surface area (TPSA) is 44.6 Å². The first-order valence-corrected chi connectivity index (χ1v) is 5.70. The molecule has 0 aliphatic heterocycles. The fraction of sp³-hybridized carbons (Fsp3) is 0.462. The van der Waals surface area contributed by atoms with Gasteiger partial charge in [-0.1, -0.05) is 31.2 Å². The minimum absolute atomic E-state index is 0.124. The van der Waals surface area contributed by atoms with Crippen molar-refractivity contribution in [1.82, 2.24) is 0 Å². The SMILES string of the molecule is CCc1ccc(C[NH+](C)CCC(=O)[O-])cc1. The molecule has 1 unspecified atom stereocenters. The van der Waals surface area contributed by atoms with Crippen LogP contribution in [0, 0.1) is 0 Å². The Balaban J connectivity index is 2.43. The van der Waals surface area contributed by atoms with Crippen LogP contribution in [0.4, 0.5) is 0 Å². The molecule has 1 atom stereocenters. The number of hydrogen-bond acceptors (Lipinski definition) is 2. The first kappa shape index (κ1) is 12.7. The van der Waals surface area contributed by atoms with Crippen LogP contribution in [0.1, 0.15) is 24.5 Å². The van der Waals surface area contributed by atoms with Crippen molar-refractivity contribution in [2.75, 3.05) is 13.6 Å². The summed E-state index contributed by atoms with van der Waals surface area (Å²) in [6.45, 7) is 3.60. The summed E-state index contributed by atoms with van der Waals surface area (Å²) in [5, 5.41) is 10.3. The number of quaternary nitrogens is 1. The molecule has 0 aliphatic rings. The minimum atomic E-state index is -0.972. The van der Waals surface area contributed by atoms with E-state index in [-0.39, 0.29) is 6.42 Å². The third-order valence-corrected chi connectivity index (χ3v) is 2.69. The van der Waals surface area contributed by atoms with Crippen LogP contribution in [-0.2, 0) is 17.8 Å². The van der Waals surface area contributed by atoms with Crippen molar-refractivity contribution in [2.45, 2.75) is 26.3 Å². The molecule has 3 heteroatoms. The van der Waals surface area contributed by atoms with Crippen LogP contribution in [0.5, 0.6) is 0 Å². The Kier molecular flexibility index (Phi) is 4.99. The number of carboxylic acids is 1. The summed E-state index contributed by atoms with van der Waals surface area (Å²) in [4.78, 5) is 11.5. The summed E-state index contributed by atoms with van der Waals surface area (Å²) >= 11 is 0. The first-order valence-electron chi connectivity index (χ1n) is 5.70. The molecule has 3 nitrogen and oxygen atoms in total. The second kappa shape index (κ2) is 6.28. The van der Waals surface area contributed by atoms with Crippen molar-refractivity contribution >= 4 is 5.97 Å². The molecule has 0 amide bonds. The number of carbonyl (C=O) groups excluding carboxylic acids is 1. The van der Waals surface area contributed by atoms with Gasteiger partial charge in [-0.25, -0.2) is 0 Å². The normalized spacial score (nSPS) is 12.4. The molecule has 0 radical (unpaired) electrons. The van der Waals surface area contributed by atoms with E-state index in [1.54, 1.807) is 0 Å². The Bertz CT molecular complexity index is 332. The van der Waals surface area contributed by atoms with Crippen molar-refractivity contribution in [1.29, 1.82) is 0 Å². The molecule has 1 rings (SSSR count). The van der Waals surface area contributed by atoms with E-state index in [1.807, 2.05) is 7.05 Å². The summed E-state index contributed by atoms with van der Waals surface area (Å²) in [6, 6.07) is 8.48. The standard InChI is InChI=1S/C13H19NO2/c1-3-11-4-6-12(7-5-11)10-14(2)9-8-13(15)16/h4-7H,3,8-10H2,1-2H3,(H,15,16). The maximum Gasteiger partial charge on any atom is 0.103 e. The fourth-order valence-electron chi connectivity index (χ4n) is 1.65. The number of carboxylic acid groups (broad SMARTS) is 1. The molecule has 0 bridgehead atoms. The predicted molar refractivity (Wildman–Crippen MR) is 60.9 cm³/mol. The molecule has 0 heterocycles. The molecular weight excluding hydrogens is 202 g/mol. The number of rotatable bonds is 6. The van der Waals surface area contributed by atoms with Gasteiger partial charge in [0.25, 0.3) is 0 Å². The average Bonchev–Trinajstić information content (AvgIpc) is 2.27. The summed E-state index contributed by atoms with van der Waals surface area (Å²) in [7, 11) is 2.00. The van der Waals surface area contributed by atoms with Crippen LogP contribution in [0.3, 0.4) is 0 Å². The summed E-state index contributed by atoms with van der Waals surface area (Å²) < 4.78 is 0. The smallest absolute Gasteiger partial charge is 0.103 e. The van der Waals surface area contributed by atoms with Gasteiger partial charge < -0.3 is 14.8 Å². The molecule has 0 fully saturated rings. The zero-order valence-corrected chi connectivity index (χ0v) is 9.95. The van der Waals surface area contributed by atoms with E-state index in [4.69, 9.17) is 0 Å². The van der Waals surface area contributed by atoms with Crippen LogP contribution in [0.2, 0.25) is 0 Å². The van der Waals surface area contributed by atoms with Crippen molar-refractivity contribution < 1.29 is 14.8 Å². The molecule has 1 aromatic carbocycles. The van der Waals surface area contributed by atoms with E-state index >= 15 is 0 Å². The van der Waals surface area contributed by atoms with Crippen molar-refractivity contribution in [3.63, 3.8) is 0 Å². The van der Waals surface area contributed by atoms with Gasteiger partial charge in [0, 0.05) is 18.0 Å². The van der Waals surface area contributed by atoms with E-state index in [1.165, 1.54) is 16.0 Å². The van der Waals surface area contributed by atoms with Gasteiger partial charge in [-0.3, -0.25) is 0 Å². The largest absolute Gasteiger partial charge is 0.550 e. The van der Waals surface area contributed by atoms with Crippen LogP contribution in [0.25, 0.3) is 0 Å². The highest BCUT2D eigenvalue weighted by atomic mass is 16.4. The number of aryl methyl sites for hydroxylation is 1. The van der Waals surface area contributed by atoms with E-state index in [9.17, 15) is 9.90 Å². The highest BCUT2D eigenvalue weighted by molar-refractivity contribution is 5.64. The van der Waals surface area contributed by atoms with Gasteiger partial charge in [-0.2, -0.15) is 0 Å². The Hall–Kier alpha value is -1.35. The monoisotopic (exact) mass is 221 g/mol. The fourth-order valence-corrected chi connectivity index (χ4v) is 1.65. The second-order valence-corrected chi connectivity index (χ2v) is 4.18. The summed E-state index contributed by atoms with van der Waals surface area (Å²) in [5.74, 6) is -0.972. The first-order chi connectivity index (χ1) is 7.61. The van der Waals surface area contributed by atoms with Crippen LogP contribution in [-0.4, -0.2) is 19.6 Å². The molecule has 0 saturated carbocycles. The van der Waals surface area contributed by atoms with Crippen molar-refractivity contribution in [3.05, 3.63) is 35.4 Å².